The van der Waals surface area contributed by atoms with E-state index in [1.165, 1.54) is 12.5 Å². The zero-order valence-corrected chi connectivity index (χ0v) is 18.4. The quantitative estimate of drug-likeness (QED) is 0.424. The van der Waals surface area contributed by atoms with Crippen LogP contribution in [0.25, 0.3) is 28.0 Å². The van der Waals surface area contributed by atoms with E-state index in [1.54, 1.807) is 35.2 Å². The molecule has 8 nitrogen and oxygen atoms in total. The molecular weight excluding hydrogens is 435 g/mol. The summed E-state index contributed by atoms with van der Waals surface area (Å²) in [4.78, 5) is 10.6. The second-order valence-electron chi connectivity index (χ2n) is 8.64. The van der Waals surface area contributed by atoms with Gasteiger partial charge in [0.05, 0.1) is 22.8 Å². The van der Waals surface area contributed by atoms with Crippen LogP contribution in [0.2, 0.25) is 0 Å². The fourth-order valence-corrected chi connectivity index (χ4v) is 4.40. The molecule has 170 valence electrons. The van der Waals surface area contributed by atoms with Crippen molar-refractivity contribution < 1.29 is 13.9 Å². The number of likely N-dealkylation sites (tertiary alicyclic amines) is 1. The van der Waals surface area contributed by atoms with Crippen LogP contribution in [-0.2, 0) is 6.54 Å². The molecule has 0 aliphatic carbocycles. The lowest BCUT2D eigenvalue weighted by Crippen LogP contribution is -2.44. The summed E-state index contributed by atoms with van der Waals surface area (Å²) in [5, 5.41) is 19.4. The topological polar surface area (TPSA) is 92.6 Å². The number of fused-ring (bicyclic) bond motifs is 1. The number of phenolic OH excluding ortho intramolecular Hbond substituents is 1. The Hall–Kier alpha value is -4.11. The second-order valence-corrected chi connectivity index (χ2v) is 8.64. The number of halogens is 1. The number of hydrogen-bond acceptors (Lipinski definition) is 7. The van der Waals surface area contributed by atoms with E-state index < -0.39 is 5.82 Å². The first-order chi connectivity index (χ1) is 16.5. The van der Waals surface area contributed by atoms with Gasteiger partial charge in [0, 0.05) is 49.1 Å². The predicted molar refractivity (Wildman–Crippen MR) is 123 cm³/mol. The van der Waals surface area contributed by atoms with E-state index in [4.69, 9.17) is 4.42 Å². The Bertz CT molecular complexity index is 1470. The number of rotatable bonds is 5. The van der Waals surface area contributed by atoms with Gasteiger partial charge in [-0.25, -0.2) is 14.4 Å². The number of phenols is 1. The Kier molecular flexibility index (Phi) is 4.84. The monoisotopic (exact) mass is 456 g/mol. The van der Waals surface area contributed by atoms with Gasteiger partial charge in [-0.3, -0.25) is 4.90 Å². The third-order valence-electron chi connectivity index (χ3n) is 6.16. The van der Waals surface area contributed by atoms with Crippen LogP contribution in [0, 0.1) is 12.7 Å². The lowest BCUT2D eigenvalue weighted by atomic mass is 9.95. The number of oxazole rings is 1. The molecule has 0 radical (unpaired) electrons. The molecule has 5 aromatic rings. The molecule has 0 atom stereocenters. The molecule has 4 aromatic heterocycles. The molecule has 1 saturated heterocycles. The number of hydrogen-bond donors (Lipinski definition) is 1. The predicted octanol–water partition coefficient (Wildman–Crippen LogP) is 4.20. The van der Waals surface area contributed by atoms with Gasteiger partial charge in [0.15, 0.2) is 17.9 Å². The van der Waals surface area contributed by atoms with E-state index in [0.717, 1.165) is 36.7 Å². The Morgan fingerprint density at radius 2 is 1.97 bits per heavy atom. The normalized spacial score (nSPS) is 14.5. The third-order valence-corrected chi connectivity index (χ3v) is 6.16. The molecule has 1 N–H and O–H groups in total. The fourth-order valence-electron chi connectivity index (χ4n) is 4.40. The first-order valence-corrected chi connectivity index (χ1v) is 10.9. The molecular formula is C25H21FN6O2. The summed E-state index contributed by atoms with van der Waals surface area (Å²) in [6, 6.07) is 10.5. The molecule has 1 aliphatic heterocycles. The van der Waals surface area contributed by atoms with Crippen LogP contribution in [0.3, 0.4) is 0 Å². The summed E-state index contributed by atoms with van der Waals surface area (Å²) >= 11 is 0. The lowest BCUT2D eigenvalue weighted by Gasteiger charge is -2.38. The van der Waals surface area contributed by atoms with Crippen molar-refractivity contribution in [3.05, 3.63) is 84.3 Å². The first-order valence-electron chi connectivity index (χ1n) is 10.9. The maximum absolute atomic E-state index is 14.5. The van der Waals surface area contributed by atoms with Crippen LogP contribution >= 0.6 is 0 Å². The standard InChI is InChI=1S/C25H21FN6O2/c1-15-8-32-11-17(6-21(26)25(32)28-15)16-2-3-20(24(33)7-16)23-5-4-22(29-30-23)18-9-31(10-18)12-19-13-34-14-27-19/h2-8,11,13-14,18,33H,9-10,12H2,1H3. The Balaban J connectivity index is 1.18. The van der Waals surface area contributed by atoms with E-state index in [-0.39, 0.29) is 11.4 Å². The van der Waals surface area contributed by atoms with Crippen molar-refractivity contribution in [1.82, 2.24) is 29.5 Å². The molecule has 0 bridgehead atoms. The fraction of sp³-hybridized carbons (Fsp3) is 0.200. The van der Waals surface area contributed by atoms with Crippen LogP contribution in [-0.4, -0.2) is 47.7 Å². The van der Waals surface area contributed by atoms with Gasteiger partial charge in [-0.1, -0.05) is 6.07 Å². The molecule has 0 amide bonds. The second kappa shape index (κ2) is 8.03. The van der Waals surface area contributed by atoms with Crippen LogP contribution in [0.15, 0.2) is 65.9 Å². The highest BCUT2D eigenvalue weighted by atomic mass is 19.1. The van der Waals surface area contributed by atoms with E-state index in [9.17, 15) is 9.50 Å². The molecule has 1 aliphatic rings. The summed E-state index contributed by atoms with van der Waals surface area (Å²) in [7, 11) is 0. The Labute approximate surface area is 194 Å². The van der Waals surface area contributed by atoms with E-state index in [1.807, 2.05) is 25.1 Å². The summed E-state index contributed by atoms with van der Waals surface area (Å²) in [6.07, 6.45) is 6.66. The van der Waals surface area contributed by atoms with Gasteiger partial charge in [-0.15, -0.1) is 0 Å². The van der Waals surface area contributed by atoms with Gasteiger partial charge < -0.3 is 13.9 Å². The zero-order valence-electron chi connectivity index (χ0n) is 18.4. The highest BCUT2D eigenvalue weighted by molar-refractivity contribution is 5.74. The van der Waals surface area contributed by atoms with Crippen molar-refractivity contribution in [2.45, 2.75) is 19.4 Å². The summed E-state index contributed by atoms with van der Waals surface area (Å²) in [5.74, 6) is -0.0310. The smallest absolute Gasteiger partial charge is 0.180 e. The maximum atomic E-state index is 14.5. The highest BCUT2D eigenvalue weighted by Crippen LogP contribution is 2.34. The average Bonchev–Trinajstić information content (AvgIpc) is 3.45. The van der Waals surface area contributed by atoms with E-state index in [0.29, 0.717) is 28.3 Å². The molecule has 1 aromatic carbocycles. The molecule has 34 heavy (non-hydrogen) atoms. The lowest BCUT2D eigenvalue weighted by molar-refractivity contribution is 0.135. The average molecular weight is 456 g/mol. The van der Waals surface area contributed by atoms with Crippen LogP contribution in [0.1, 0.15) is 23.0 Å². The zero-order chi connectivity index (χ0) is 23.2. The SMILES string of the molecule is Cc1cn2cc(-c3ccc(-c4ccc(C5CN(Cc6cocn6)C5)nn4)c(O)c3)cc(F)c2n1. The number of aromatic nitrogens is 5. The van der Waals surface area contributed by atoms with Gasteiger partial charge in [0.1, 0.15) is 12.0 Å². The number of imidazole rings is 1. The van der Waals surface area contributed by atoms with Gasteiger partial charge in [0.25, 0.3) is 0 Å². The van der Waals surface area contributed by atoms with Gasteiger partial charge >= 0.3 is 0 Å². The Morgan fingerprint density at radius 1 is 1.09 bits per heavy atom. The number of aryl methyl sites for hydroxylation is 1. The van der Waals surface area contributed by atoms with Crippen LogP contribution in [0.4, 0.5) is 4.39 Å². The summed E-state index contributed by atoms with van der Waals surface area (Å²) < 4.78 is 21.1. The molecule has 0 spiro atoms. The number of aromatic hydroxyl groups is 1. The molecule has 1 fully saturated rings. The minimum atomic E-state index is -0.411. The number of pyridine rings is 1. The minimum Gasteiger partial charge on any atom is -0.507 e. The van der Waals surface area contributed by atoms with E-state index >= 15 is 0 Å². The first kappa shape index (κ1) is 20.5. The molecule has 0 saturated carbocycles. The van der Waals surface area contributed by atoms with Gasteiger partial charge in [-0.2, -0.15) is 10.2 Å². The third kappa shape index (κ3) is 3.69. The largest absolute Gasteiger partial charge is 0.507 e. The molecule has 5 heterocycles. The van der Waals surface area contributed by atoms with Crippen molar-refractivity contribution in [3.8, 4) is 28.1 Å². The van der Waals surface area contributed by atoms with Crippen molar-refractivity contribution in [3.63, 3.8) is 0 Å². The number of benzene rings is 1. The van der Waals surface area contributed by atoms with Crippen molar-refractivity contribution in [1.29, 1.82) is 0 Å². The van der Waals surface area contributed by atoms with Gasteiger partial charge in [0.2, 0.25) is 0 Å². The minimum absolute atomic E-state index is 0.0595. The summed E-state index contributed by atoms with van der Waals surface area (Å²) in [6.45, 7) is 4.35. The highest BCUT2D eigenvalue weighted by Gasteiger charge is 2.29. The molecule has 0 unspecified atom stereocenters. The summed E-state index contributed by atoms with van der Waals surface area (Å²) in [5.41, 5.74) is 5.36. The van der Waals surface area contributed by atoms with E-state index in [2.05, 4.69) is 25.1 Å². The van der Waals surface area contributed by atoms with Crippen molar-refractivity contribution >= 4 is 5.65 Å². The van der Waals surface area contributed by atoms with Crippen LogP contribution in [0.5, 0.6) is 5.75 Å². The number of nitrogens with zero attached hydrogens (tertiary/aromatic N) is 6. The molecule has 9 heteroatoms. The van der Waals surface area contributed by atoms with Gasteiger partial charge in [-0.05, 0) is 42.8 Å². The Morgan fingerprint density at radius 3 is 2.71 bits per heavy atom. The maximum Gasteiger partial charge on any atom is 0.180 e. The van der Waals surface area contributed by atoms with Crippen molar-refractivity contribution in [2.75, 3.05) is 13.1 Å². The van der Waals surface area contributed by atoms with Crippen molar-refractivity contribution in [2.24, 2.45) is 0 Å². The van der Waals surface area contributed by atoms with Crippen LogP contribution < -0.4 is 0 Å². The molecule has 6 rings (SSSR count).